The first-order valence-corrected chi connectivity index (χ1v) is 7.42. The highest BCUT2D eigenvalue weighted by atomic mass is 19.4. The molecule has 7 heteroatoms. The second kappa shape index (κ2) is 9.10. The number of carbonyl (C=O) groups is 2. The third-order valence-electron chi connectivity index (χ3n) is 3.34. The molecule has 0 fully saturated rings. The molecule has 1 aromatic rings. The van der Waals surface area contributed by atoms with Crippen molar-refractivity contribution in [3.63, 3.8) is 0 Å². The van der Waals surface area contributed by atoms with Crippen molar-refractivity contribution in [1.82, 2.24) is 5.32 Å². The van der Waals surface area contributed by atoms with E-state index in [9.17, 15) is 22.8 Å². The molecule has 0 radical (unpaired) electrons. The molecule has 0 spiro atoms. The third-order valence-corrected chi connectivity index (χ3v) is 3.34. The maximum atomic E-state index is 12.7. The molecule has 0 aliphatic rings. The van der Waals surface area contributed by atoms with E-state index < -0.39 is 29.7 Å². The van der Waals surface area contributed by atoms with Gasteiger partial charge in [0.15, 0.2) is 0 Å². The summed E-state index contributed by atoms with van der Waals surface area (Å²) < 4.78 is 42.6. The van der Waals surface area contributed by atoms with Crippen molar-refractivity contribution >= 4 is 11.9 Å². The van der Waals surface area contributed by atoms with E-state index in [4.69, 9.17) is 0 Å². The Morgan fingerprint density at radius 1 is 1.38 bits per heavy atom. The van der Waals surface area contributed by atoms with Crippen molar-refractivity contribution in [2.75, 3.05) is 7.11 Å². The lowest BCUT2D eigenvalue weighted by Gasteiger charge is -2.16. The lowest BCUT2D eigenvalue weighted by molar-refractivity contribution is -0.145. The van der Waals surface area contributed by atoms with Crippen molar-refractivity contribution < 1.29 is 27.5 Å². The number of hydrogen-bond acceptors (Lipinski definition) is 3. The van der Waals surface area contributed by atoms with Gasteiger partial charge in [0.05, 0.1) is 19.1 Å². The van der Waals surface area contributed by atoms with Crippen LogP contribution in [-0.2, 0) is 26.9 Å². The Bertz CT molecular complexity index is 585. The zero-order chi connectivity index (χ0) is 18.2. The van der Waals surface area contributed by atoms with E-state index in [1.807, 2.05) is 0 Å². The first-order chi connectivity index (χ1) is 11.3. The Balaban J connectivity index is 2.71. The summed E-state index contributed by atoms with van der Waals surface area (Å²) >= 11 is 0. The van der Waals surface area contributed by atoms with Crippen LogP contribution in [0.3, 0.4) is 0 Å². The average molecular weight is 343 g/mol. The van der Waals surface area contributed by atoms with Crippen LogP contribution in [0.25, 0.3) is 0 Å². The Labute approximate surface area is 138 Å². The van der Waals surface area contributed by atoms with E-state index in [-0.39, 0.29) is 12.0 Å². The fourth-order valence-electron chi connectivity index (χ4n) is 2.15. The summed E-state index contributed by atoms with van der Waals surface area (Å²) in [5, 5.41) is 2.50. The number of halogens is 3. The van der Waals surface area contributed by atoms with Gasteiger partial charge in [0.2, 0.25) is 5.91 Å². The van der Waals surface area contributed by atoms with Crippen LogP contribution in [-0.4, -0.2) is 25.0 Å². The lowest BCUT2D eigenvalue weighted by Crippen LogP contribution is -2.42. The number of nitrogens with one attached hydrogen (secondary N) is 1. The van der Waals surface area contributed by atoms with E-state index >= 15 is 0 Å². The van der Waals surface area contributed by atoms with Gasteiger partial charge in [-0.2, -0.15) is 13.2 Å². The number of ether oxygens (including phenoxy) is 1. The highest BCUT2D eigenvalue weighted by Crippen LogP contribution is 2.29. The molecule has 1 aromatic carbocycles. The summed E-state index contributed by atoms with van der Waals surface area (Å²) in [5.41, 5.74) is -0.597. The Morgan fingerprint density at radius 3 is 2.67 bits per heavy atom. The number of carbonyl (C=O) groups excluding carboxylic acids is 2. The van der Waals surface area contributed by atoms with Crippen LogP contribution in [0.4, 0.5) is 13.2 Å². The predicted molar refractivity (Wildman–Crippen MR) is 83.1 cm³/mol. The van der Waals surface area contributed by atoms with Crippen LogP contribution < -0.4 is 5.32 Å². The Hall–Kier alpha value is -2.31. The van der Waals surface area contributed by atoms with Crippen LogP contribution in [0.1, 0.15) is 30.4 Å². The number of esters is 1. The highest BCUT2D eigenvalue weighted by molar-refractivity contribution is 5.85. The van der Waals surface area contributed by atoms with E-state index in [2.05, 4.69) is 16.6 Å². The summed E-state index contributed by atoms with van der Waals surface area (Å²) in [6.07, 6.45) is -1.35. The maximum absolute atomic E-state index is 12.7. The van der Waals surface area contributed by atoms with Gasteiger partial charge < -0.3 is 10.1 Å². The zero-order valence-electron chi connectivity index (χ0n) is 13.4. The van der Waals surface area contributed by atoms with Crippen molar-refractivity contribution in [2.24, 2.45) is 0 Å². The summed E-state index contributed by atoms with van der Waals surface area (Å²) in [6, 6.07) is 3.71. The molecule has 1 rings (SSSR count). The first kappa shape index (κ1) is 19.7. The zero-order valence-corrected chi connectivity index (χ0v) is 13.4. The van der Waals surface area contributed by atoms with Crippen LogP contribution in [0.5, 0.6) is 0 Å². The van der Waals surface area contributed by atoms with Crippen molar-refractivity contribution in [3.8, 4) is 0 Å². The number of methoxy groups -OCH3 is 1. The summed E-state index contributed by atoms with van der Waals surface area (Å²) in [7, 11) is 1.21. The van der Waals surface area contributed by atoms with Gasteiger partial charge in [-0.15, -0.1) is 6.58 Å². The van der Waals surface area contributed by atoms with Crippen molar-refractivity contribution in [3.05, 3.63) is 48.0 Å². The Kier molecular flexibility index (Phi) is 7.48. The SMILES string of the molecule is C=CCCC[C@H](NC(=O)Cc1cccc(C(F)(F)F)c1)C(=O)OC. The molecule has 0 bridgehead atoms. The van der Waals surface area contributed by atoms with Gasteiger partial charge in [0, 0.05) is 0 Å². The minimum Gasteiger partial charge on any atom is -0.467 e. The molecule has 0 aliphatic heterocycles. The molecule has 0 aromatic heterocycles. The second-order valence-electron chi connectivity index (χ2n) is 5.24. The molecule has 0 saturated heterocycles. The van der Waals surface area contributed by atoms with Crippen LogP contribution in [0, 0.1) is 0 Å². The monoisotopic (exact) mass is 343 g/mol. The van der Waals surface area contributed by atoms with E-state index in [0.717, 1.165) is 12.1 Å². The number of benzene rings is 1. The molecule has 132 valence electrons. The Morgan fingerprint density at radius 2 is 2.08 bits per heavy atom. The number of allylic oxidation sites excluding steroid dienone is 1. The topological polar surface area (TPSA) is 55.4 Å². The molecule has 4 nitrogen and oxygen atoms in total. The second-order valence-corrected chi connectivity index (χ2v) is 5.24. The van der Waals surface area contributed by atoms with E-state index in [0.29, 0.717) is 19.3 Å². The van der Waals surface area contributed by atoms with Crippen molar-refractivity contribution in [2.45, 2.75) is 37.9 Å². The molecule has 0 aliphatic carbocycles. The number of alkyl halides is 3. The summed E-state index contributed by atoms with van der Waals surface area (Å²) in [5.74, 6) is -1.13. The minimum absolute atomic E-state index is 0.219. The molecular weight excluding hydrogens is 323 g/mol. The standard InChI is InChI=1S/C17H20F3NO3/c1-3-4-5-9-14(16(23)24-2)21-15(22)11-12-7-6-8-13(10-12)17(18,19)20/h3,6-8,10,14H,1,4-5,9,11H2,2H3,(H,21,22)/t14-/m0/s1. The third kappa shape index (κ3) is 6.44. The minimum atomic E-state index is -4.47. The normalized spacial score (nSPS) is 12.3. The van der Waals surface area contributed by atoms with E-state index in [1.165, 1.54) is 19.2 Å². The molecule has 0 saturated carbocycles. The molecule has 1 amide bonds. The average Bonchev–Trinajstić information content (AvgIpc) is 2.52. The molecular formula is C17H20F3NO3. The predicted octanol–water partition coefficient (Wildman–Crippen LogP) is 3.26. The van der Waals surface area contributed by atoms with Crippen LogP contribution in [0.2, 0.25) is 0 Å². The van der Waals surface area contributed by atoms with Gasteiger partial charge in [-0.3, -0.25) is 4.79 Å². The molecule has 0 unspecified atom stereocenters. The number of amides is 1. The van der Waals surface area contributed by atoms with Gasteiger partial charge >= 0.3 is 12.1 Å². The van der Waals surface area contributed by atoms with Crippen LogP contribution >= 0.6 is 0 Å². The van der Waals surface area contributed by atoms with Gasteiger partial charge in [-0.1, -0.05) is 24.3 Å². The summed E-state index contributed by atoms with van der Waals surface area (Å²) in [6.45, 7) is 3.57. The van der Waals surface area contributed by atoms with E-state index in [1.54, 1.807) is 6.08 Å². The van der Waals surface area contributed by atoms with Crippen molar-refractivity contribution in [1.29, 1.82) is 0 Å². The lowest BCUT2D eigenvalue weighted by atomic mass is 10.1. The van der Waals surface area contributed by atoms with Gasteiger partial charge in [-0.25, -0.2) is 4.79 Å². The molecule has 0 heterocycles. The number of hydrogen-bond donors (Lipinski definition) is 1. The fourth-order valence-corrected chi connectivity index (χ4v) is 2.15. The molecule has 1 atom stereocenters. The first-order valence-electron chi connectivity index (χ1n) is 7.42. The van der Waals surface area contributed by atoms with Gasteiger partial charge in [-0.05, 0) is 30.9 Å². The van der Waals surface area contributed by atoms with Gasteiger partial charge in [0.1, 0.15) is 6.04 Å². The quantitative estimate of drug-likeness (QED) is 0.448. The number of rotatable bonds is 8. The molecule has 1 N–H and O–H groups in total. The largest absolute Gasteiger partial charge is 0.467 e. The summed E-state index contributed by atoms with van der Waals surface area (Å²) in [4.78, 5) is 23.7. The van der Waals surface area contributed by atoms with Crippen LogP contribution in [0.15, 0.2) is 36.9 Å². The smallest absolute Gasteiger partial charge is 0.416 e. The maximum Gasteiger partial charge on any atom is 0.416 e. The highest BCUT2D eigenvalue weighted by Gasteiger charge is 2.30. The number of unbranched alkanes of at least 4 members (excludes halogenated alkanes) is 1. The fraction of sp³-hybridized carbons (Fsp3) is 0.412. The van der Waals surface area contributed by atoms with Gasteiger partial charge in [0.25, 0.3) is 0 Å². The molecule has 24 heavy (non-hydrogen) atoms.